The third-order valence-electron chi connectivity index (χ3n) is 5.52. The molecule has 0 spiro atoms. The van der Waals surface area contributed by atoms with Gasteiger partial charge in [0, 0.05) is 19.3 Å². The van der Waals surface area contributed by atoms with Crippen LogP contribution in [-0.4, -0.2) is 25.8 Å². The third kappa shape index (κ3) is 2.91. The van der Waals surface area contributed by atoms with Gasteiger partial charge < -0.3 is 10.1 Å². The van der Waals surface area contributed by atoms with Crippen molar-refractivity contribution in [3.8, 4) is 0 Å². The van der Waals surface area contributed by atoms with Crippen LogP contribution in [0.5, 0.6) is 0 Å². The van der Waals surface area contributed by atoms with E-state index in [0.717, 1.165) is 37.5 Å². The van der Waals surface area contributed by atoms with Crippen LogP contribution in [0.3, 0.4) is 0 Å². The molecule has 2 heteroatoms. The Morgan fingerprint density at radius 2 is 2.00 bits per heavy atom. The van der Waals surface area contributed by atoms with E-state index in [2.05, 4.69) is 33.0 Å². The lowest BCUT2D eigenvalue weighted by Gasteiger charge is -2.47. The number of hydrogen-bond acceptors (Lipinski definition) is 2. The van der Waals surface area contributed by atoms with E-state index in [4.69, 9.17) is 4.74 Å². The Labute approximate surface area is 113 Å². The van der Waals surface area contributed by atoms with E-state index in [1.807, 2.05) is 0 Å². The summed E-state index contributed by atoms with van der Waals surface area (Å²) in [6.45, 7) is 12.7. The van der Waals surface area contributed by atoms with E-state index in [0.29, 0.717) is 11.5 Å². The lowest BCUT2D eigenvalue weighted by Crippen LogP contribution is -2.49. The van der Waals surface area contributed by atoms with Crippen LogP contribution >= 0.6 is 0 Å². The van der Waals surface area contributed by atoms with Crippen LogP contribution in [0.2, 0.25) is 0 Å². The maximum absolute atomic E-state index is 5.63. The second-order valence-electron chi connectivity index (χ2n) is 7.07. The fourth-order valence-electron chi connectivity index (χ4n) is 4.18. The Kier molecular flexibility index (Phi) is 4.71. The molecule has 1 heterocycles. The molecule has 2 nitrogen and oxygen atoms in total. The fraction of sp³-hybridized carbons (Fsp3) is 1.00. The lowest BCUT2D eigenvalue weighted by atomic mass is 9.61. The minimum absolute atomic E-state index is 0.420. The Hall–Kier alpha value is -0.0800. The van der Waals surface area contributed by atoms with Crippen LogP contribution in [0.4, 0.5) is 0 Å². The first-order chi connectivity index (χ1) is 8.55. The van der Waals surface area contributed by atoms with Crippen molar-refractivity contribution in [1.29, 1.82) is 0 Å². The number of ether oxygens (including phenoxy) is 1. The molecular weight excluding hydrogens is 222 g/mol. The molecule has 0 bridgehead atoms. The van der Waals surface area contributed by atoms with Crippen molar-refractivity contribution in [2.75, 3.05) is 19.8 Å². The van der Waals surface area contributed by atoms with Crippen molar-refractivity contribution < 1.29 is 4.74 Å². The molecule has 0 aromatic rings. The zero-order valence-electron chi connectivity index (χ0n) is 12.7. The van der Waals surface area contributed by atoms with Crippen molar-refractivity contribution in [3.63, 3.8) is 0 Å². The highest BCUT2D eigenvalue weighted by Gasteiger charge is 2.44. The zero-order valence-corrected chi connectivity index (χ0v) is 12.7. The van der Waals surface area contributed by atoms with Crippen LogP contribution in [0.1, 0.15) is 53.4 Å². The summed E-state index contributed by atoms with van der Waals surface area (Å²) in [5, 5.41) is 3.75. The molecule has 106 valence electrons. The lowest BCUT2D eigenvalue weighted by molar-refractivity contribution is 0.0361. The molecule has 1 aliphatic carbocycles. The molecule has 4 unspecified atom stereocenters. The molecule has 4 atom stereocenters. The average molecular weight is 253 g/mol. The topological polar surface area (TPSA) is 21.3 Å². The Balaban J connectivity index is 2.07. The molecule has 2 rings (SSSR count). The van der Waals surface area contributed by atoms with Gasteiger partial charge in [-0.25, -0.2) is 0 Å². The van der Waals surface area contributed by atoms with Gasteiger partial charge in [0.1, 0.15) is 0 Å². The molecule has 1 aliphatic heterocycles. The van der Waals surface area contributed by atoms with Crippen LogP contribution in [0, 0.1) is 23.2 Å². The van der Waals surface area contributed by atoms with E-state index in [-0.39, 0.29) is 0 Å². The summed E-state index contributed by atoms with van der Waals surface area (Å²) in [5.41, 5.74) is 0.420. The molecule has 0 amide bonds. The summed E-state index contributed by atoms with van der Waals surface area (Å²) in [6, 6.07) is 0.717. The summed E-state index contributed by atoms with van der Waals surface area (Å²) in [4.78, 5) is 0. The zero-order chi connectivity index (χ0) is 13.2. The predicted molar refractivity (Wildman–Crippen MR) is 76.7 cm³/mol. The van der Waals surface area contributed by atoms with Crippen molar-refractivity contribution in [1.82, 2.24) is 5.32 Å². The summed E-state index contributed by atoms with van der Waals surface area (Å²) in [7, 11) is 0. The fourth-order valence-corrected chi connectivity index (χ4v) is 4.18. The van der Waals surface area contributed by atoms with Gasteiger partial charge in [-0.1, -0.05) is 34.1 Å². The van der Waals surface area contributed by atoms with Gasteiger partial charge in [-0.2, -0.15) is 0 Å². The van der Waals surface area contributed by atoms with E-state index in [1.54, 1.807) is 0 Å². The molecule has 0 aromatic carbocycles. The maximum atomic E-state index is 5.63. The summed E-state index contributed by atoms with van der Waals surface area (Å²) < 4.78 is 5.63. The van der Waals surface area contributed by atoms with Gasteiger partial charge in [-0.05, 0) is 49.0 Å². The van der Waals surface area contributed by atoms with Gasteiger partial charge in [0.15, 0.2) is 0 Å². The van der Waals surface area contributed by atoms with Crippen LogP contribution < -0.4 is 5.32 Å². The Morgan fingerprint density at radius 1 is 1.22 bits per heavy atom. The largest absolute Gasteiger partial charge is 0.381 e. The van der Waals surface area contributed by atoms with Crippen molar-refractivity contribution in [2.45, 2.75) is 59.4 Å². The van der Waals surface area contributed by atoms with Crippen molar-refractivity contribution >= 4 is 0 Å². The monoisotopic (exact) mass is 253 g/mol. The molecule has 2 fully saturated rings. The third-order valence-corrected chi connectivity index (χ3v) is 5.52. The van der Waals surface area contributed by atoms with Gasteiger partial charge in [-0.15, -0.1) is 0 Å². The smallest absolute Gasteiger partial charge is 0.0500 e. The van der Waals surface area contributed by atoms with Gasteiger partial charge in [0.05, 0.1) is 0 Å². The highest BCUT2D eigenvalue weighted by Crippen LogP contribution is 2.47. The highest BCUT2D eigenvalue weighted by molar-refractivity contribution is 4.95. The summed E-state index contributed by atoms with van der Waals surface area (Å²) >= 11 is 0. The first kappa shape index (κ1) is 14.3. The summed E-state index contributed by atoms with van der Waals surface area (Å²) in [6.07, 6.45) is 5.42. The normalized spacial score (nSPS) is 38.0. The molecular formula is C16H31NO. The molecule has 0 aromatic heterocycles. The van der Waals surface area contributed by atoms with Crippen molar-refractivity contribution in [2.24, 2.45) is 23.2 Å². The van der Waals surface area contributed by atoms with Gasteiger partial charge in [-0.3, -0.25) is 0 Å². The van der Waals surface area contributed by atoms with Gasteiger partial charge >= 0.3 is 0 Å². The minimum Gasteiger partial charge on any atom is -0.381 e. The standard InChI is InChI=1S/C16H31NO/c1-5-17-15-10-12(2)6-7-14(15)16(3,4)13-8-9-18-11-13/h12-15,17H,5-11H2,1-4H3. The molecule has 2 aliphatic rings. The van der Waals surface area contributed by atoms with Crippen LogP contribution in [-0.2, 0) is 4.74 Å². The maximum Gasteiger partial charge on any atom is 0.0500 e. The molecule has 1 N–H and O–H groups in total. The van der Waals surface area contributed by atoms with E-state index >= 15 is 0 Å². The van der Waals surface area contributed by atoms with E-state index < -0.39 is 0 Å². The van der Waals surface area contributed by atoms with Gasteiger partial charge in [0.25, 0.3) is 0 Å². The quantitative estimate of drug-likeness (QED) is 0.828. The highest BCUT2D eigenvalue weighted by atomic mass is 16.5. The molecule has 1 saturated carbocycles. The molecule has 0 radical (unpaired) electrons. The molecule has 1 saturated heterocycles. The number of nitrogens with one attached hydrogen (secondary N) is 1. The predicted octanol–water partition coefficient (Wildman–Crippen LogP) is 3.46. The molecule has 18 heavy (non-hydrogen) atoms. The van der Waals surface area contributed by atoms with Crippen LogP contribution in [0.15, 0.2) is 0 Å². The Morgan fingerprint density at radius 3 is 2.61 bits per heavy atom. The second-order valence-corrected chi connectivity index (χ2v) is 7.07. The van der Waals surface area contributed by atoms with Crippen molar-refractivity contribution in [3.05, 3.63) is 0 Å². The minimum atomic E-state index is 0.420. The average Bonchev–Trinajstić information content (AvgIpc) is 2.83. The van der Waals surface area contributed by atoms with Gasteiger partial charge in [0.2, 0.25) is 0 Å². The first-order valence-corrected chi connectivity index (χ1v) is 7.86. The van der Waals surface area contributed by atoms with E-state index in [9.17, 15) is 0 Å². The second kappa shape index (κ2) is 5.92. The first-order valence-electron chi connectivity index (χ1n) is 7.86. The van der Waals surface area contributed by atoms with E-state index in [1.165, 1.54) is 25.7 Å². The Bertz CT molecular complexity index is 258. The number of hydrogen-bond donors (Lipinski definition) is 1. The SMILES string of the molecule is CCNC1CC(C)CCC1C(C)(C)C1CCOC1. The number of rotatable bonds is 4. The summed E-state index contributed by atoms with van der Waals surface area (Å²) in [5.74, 6) is 2.47. The van der Waals surface area contributed by atoms with Crippen LogP contribution in [0.25, 0.3) is 0 Å².